The highest BCUT2D eigenvalue weighted by molar-refractivity contribution is 6.74. The Morgan fingerprint density at radius 3 is 2.52 bits per heavy atom. The lowest BCUT2D eigenvalue weighted by molar-refractivity contribution is 0.273. The minimum Gasteiger partial charge on any atom is -0.415 e. The number of hydrogen-bond donors (Lipinski definition) is 1. The van der Waals surface area contributed by atoms with Crippen molar-refractivity contribution >= 4 is 24.9 Å². The van der Waals surface area contributed by atoms with Crippen LogP contribution in [0.1, 0.15) is 26.3 Å². The van der Waals surface area contributed by atoms with E-state index in [0.29, 0.717) is 0 Å². The van der Waals surface area contributed by atoms with Gasteiger partial charge in [0.25, 0.3) is 0 Å². The van der Waals surface area contributed by atoms with Gasteiger partial charge in [0.05, 0.1) is 12.1 Å². The summed E-state index contributed by atoms with van der Waals surface area (Å²) in [6.07, 6.45) is 2.12. The number of aromatic nitrogens is 1. The molecule has 1 aromatic heterocycles. The fourth-order valence-corrected chi connectivity index (χ4v) is 3.21. The molecule has 0 aliphatic rings. The van der Waals surface area contributed by atoms with Crippen LogP contribution in [0.3, 0.4) is 0 Å². The Morgan fingerprint density at radius 1 is 1.24 bits per heavy atom. The summed E-state index contributed by atoms with van der Waals surface area (Å²) in [5.41, 5.74) is 9.21. The highest BCUT2D eigenvalue weighted by atomic mass is 28.4. The maximum atomic E-state index is 6.26. The number of benzene rings is 1. The Morgan fingerprint density at radius 2 is 1.90 bits per heavy atom. The summed E-state index contributed by atoms with van der Waals surface area (Å²) in [4.78, 5) is 0. The number of nitrogen functional groups attached to an aromatic ring is 1. The molecular formula is C17H28N2OSi. The van der Waals surface area contributed by atoms with Crippen LogP contribution in [0.2, 0.25) is 18.1 Å². The molecule has 0 atom stereocenters. The molecule has 116 valence electrons. The summed E-state index contributed by atoms with van der Waals surface area (Å²) in [5, 5.41) is 1.50. The Hall–Kier alpha value is -1.26. The van der Waals surface area contributed by atoms with E-state index in [4.69, 9.17) is 10.2 Å². The average molecular weight is 305 g/mol. The van der Waals surface area contributed by atoms with Gasteiger partial charge >= 0.3 is 0 Å². The van der Waals surface area contributed by atoms with Gasteiger partial charge < -0.3 is 14.7 Å². The van der Waals surface area contributed by atoms with E-state index in [1.807, 2.05) is 6.92 Å². The number of anilines is 1. The summed E-state index contributed by atoms with van der Waals surface area (Å²) in [5.74, 6) is 0. The van der Waals surface area contributed by atoms with Crippen LogP contribution < -0.4 is 5.73 Å². The first-order valence-electron chi connectivity index (χ1n) is 7.61. The zero-order valence-corrected chi connectivity index (χ0v) is 15.2. The van der Waals surface area contributed by atoms with Crippen LogP contribution in [0, 0.1) is 6.92 Å². The molecule has 1 heterocycles. The van der Waals surface area contributed by atoms with Gasteiger partial charge in [-0.25, -0.2) is 0 Å². The molecule has 0 unspecified atom stereocenters. The normalized spacial score (nSPS) is 13.0. The number of nitrogens with zero attached hydrogens (tertiary/aromatic N) is 1. The number of aryl methyl sites for hydroxylation is 1. The van der Waals surface area contributed by atoms with Crippen molar-refractivity contribution in [2.45, 2.75) is 52.4 Å². The first kappa shape index (κ1) is 16.1. The van der Waals surface area contributed by atoms with E-state index in [-0.39, 0.29) is 5.04 Å². The van der Waals surface area contributed by atoms with Gasteiger partial charge in [-0.3, -0.25) is 0 Å². The SMILES string of the molecule is Cc1cc2ccn(CCO[Si](C)(C)C(C)(C)C)c2cc1N. The number of rotatable bonds is 4. The predicted molar refractivity (Wildman–Crippen MR) is 94.2 cm³/mol. The zero-order valence-electron chi connectivity index (χ0n) is 14.2. The zero-order chi connectivity index (χ0) is 15.8. The molecule has 0 spiro atoms. The monoisotopic (exact) mass is 304 g/mol. The summed E-state index contributed by atoms with van der Waals surface area (Å²) in [6.45, 7) is 15.1. The van der Waals surface area contributed by atoms with Crippen LogP contribution in [0.15, 0.2) is 24.4 Å². The third-order valence-corrected chi connectivity index (χ3v) is 9.30. The Balaban J connectivity index is 2.10. The van der Waals surface area contributed by atoms with Crippen molar-refractivity contribution in [3.8, 4) is 0 Å². The van der Waals surface area contributed by atoms with Crippen molar-refractivity contribution in [3.63, 3.8) is 0 Å². The highest BCUT2D eigenvalue weighted by Crippen LogP contribution is 2.36. The maximum Gasteiger partial charge on any atom is 0.192 e. The molecule has 21 heavy (non-hydrogen) atoms. The van der Waals surface area contributed by atoms with Gasteiger partial charge in [-0.05, 0) is 54.2 Å². The molecule has 1 aromatic carbocycles. The quantitative estimate of drug-likeness (QED) is 0.664. The lowest BCUT2D eigenvalue weighted by Crippen LogP contribution is -2.41. The molecule has 0 bridgehead atoms. The van der Waals surface area contributed by atoms with Gasteiger partial charge in [-0.2, -0.15) is 0 Å². The average Bonchev–Trinajstić information content (AvgIpc) is 2.71. The van der Waals surface area contributed by atoms with E-state index in [2.05, 4.69) is 62.8 Å². The fourth-order valence-electron chi connectivity index (χ4n) is 2.18. The Bertz CT molecular complexity index is 638. The lowest BCUT2D eigenvalue weighted by atomic mass is 10.1. The Kier molecular flexibility index (Phi) is 4.22. The van der Waals surface area contributed by atoms with Crippen LogP contribution >= 0.6 is 0 Å². The number of hydrogen-bond acceptors (Lipinski definition) is 2. The van der Waals surface area contributed by atoms with E-state index >= 15 is 0 Å². The van der Waals surface area contributed by atoms with Crippen molar-refractivity contribution in [3.05, 3.63) is 30.0 Å². The number of nitrogens with two attached hydrogens (primary N) is 1. The molecule has 2 rings (SSSR count). The first-order chi connectivity index (χ1) is 9.62. The van der Waals surface area contributed by atoms with Crippen LogP contribution in [-0.2, 0) is 11.0 Å². The molecule has 0 fully saturated rings. The summed E-state index contributed by atoms with van der Waals surface area (Å²) in [6, 6.07) is 6.36. The van der Waals surface area contributed by atoms with Gasteiger partial charge in [-0.15, -0.1) is 0 Å². The van der Waals surface area contributed by atoms with Crippen LogP contribution in [0.5, 0.6) is 0 Å². The second-order valence-electron chi connectivity index (χ2n) is 7.39. The van der Waals surface area contributed by atoms with Crippen LogP contribution in [0.25, 0.3) is 10.9 Å². The van der Waals surface area contributed by atoms with E-state index in [9.17, 15) is 0 Å². The molecule has 2 N–H and O–H groups in total. The van der Waals surface area contributed by atoms with E-state index in [0.717, 1.165) is 24.4 Å². The minimum absolute atomic E-state index is 0.257. The maximum absolute atomic E-state index is 6.26. The van der Waals surface area contributed by atoms with Crippen molar-refractivity contribution < 1.29 is 4.43 Å². The van der Waals surface area contributed by atoms with E-state index < -0.39 is 8.32 Å². The molecule has 2 aromatic rings. The second-order valence-corrected chi connectivity index (χ2v) is 12.2. The van der Waals surface area contributed by atoms with Gasteiger partial charge in [0.2, 0.25) is 0 Å². The summed E-state index contributed by atoms with van der Waals surface area (Å²) < 4.78 is 8.49. The molecule has 0 radical (unpaired) electrons. The van der Waals surface area contributed by atoms with Crippen molar-refractivity contribution in [2.75, 3.05) is 12.3 Å². The first-order valence-corrected chi connectivity index (χ1v) is 10.5. The largest absolute Gasteiger partial charge is 0.415 e. The van der Waals surface area contributed by atoms with Gasteiger partial charge in [-0.1, -0.05) is 20.8 Å². The summed E-state index contributed by atoms with van der Waals surface area (Å²) >= 11 is 0. The van der Waals surface area contributed by atoms with E-state index in [1.54, 1.807) is 0 Å². The van der Waals surface area contributed by atoms with Gasteiger partial charge in [0, 0.05) is 18.4 Å². The van der Waals surface area contributed by atoms with Crippen molar-refractivity contribution in [1.29, 1.82) is 0 Å². The van der Waals surface area contributed by atoms with Crippen molar-refractivity contribution in [1.82, 2.24) is 4.57 Å². The molecule has 0 saturated carbocycles. The van der Waals surface area contributed by atoms with Gasteiger partial charge in [0.1, 0.15) is 0 Å². The Labute approximate surface area is 129 Å². The molecular weight excluding hydrogens is 276 g/mol. The number of fused-ring (bicyclic) bond motifs is 1. The van der Waals surface area contributed by atoms with Gasteiger partial charge in [0.15, 0.2) is 8.32 Å². The fraction of sp³-hybridized carbons (Fsp3) is 0.529. The van der Waals surface area contributed by atoms with Crippen molar-refractivity contribution in [2.24, 2.45) is 0 Å². The predicted octanol–water partition coefficient (Wildman–Crippen LogP) is 4.55. The highest BCUT2D eigenvalue weighted by Gasteiger charge is 2.36. The molecule has 3 nitrogen and oxygen atoms in total. The minimum atomic E-state index is -1.66. The molecule has 0 amide bonds. The smallest absolute Gasteiger partial charge is 0.192 e. The second kappa shape index (κ2) is 5.50. The third kappa shape index (κ3) is 3.32. The molecule has 0 aliphatic heterocycles. The van der Waals surface area contributed by atoms with E-state index in [1.165, 1.54) is 10.9 Å². The van der Waals surface area contributed by atoms with Crippen LogP contribution in [0.4, 0.5) is 5.69 Å². The van der Waals surface area contributed by atoms with Crippen LogP contribution in [-0.4, -0.2) is 19.5 Å². The molecule has 4 heteroatoms. The molecule has 0 saturated heterocycles. The molecule has 0 aliphatic carbocycles. The summed E-state index contributed by atoms with van der Waals surface area (Å²) in [7, 11) is -1.66. The third-order valence-electron chi connectivity index (χ3n) is 4.76. The standard InChI is InChI=1S/C17H28N2OSi/c1-13-11-14-7-8-19(16(14)12-15(13)18)9-10-20-21(5,6)17(2,3)4/h7-8,11-12H,9-10,18H2,1-6H3. The lowest BCUT2D eigenvalue weighted by Gasteiger charge is -2.36. The topological polar surface area (TPSA) is 40.2 Å².